The zero-order valence-corrected chi connectivity index (χ0v) is 18.2. The van der Waals surface area contributed by atoms with E-state index >= 15 is 0 Å². The zero-order chi connectivity index (χ0) is 19.1. The van der Waals surface area contributed by atoms with Crippen molar-refractivity contribution in [3.05, 3.63) is 0 Å². The summed E-state index contributed by atoms with van der Waals surface area (Å²) in [7, 11) is 0. The Bertz CT molecular complexity index is 385. The fourth-order valence-electron chi connectivity index (χ4n) is 7.07. The third-order valence-electron chi connectivity index (χ3n) is 8.71. The monoisotopic (exact) mass is 378 g/mol. The summed E-state index contributed by atoms with van der Waals surface area (Å²) < 4.78 is 0. The maximum absolute atomic E-state index is 9.69. The van der Waals surface area contributed by atoms with Crippen LogP contribution in [0.1, 0.15) is 117 Å². The SMILES string of the molecule is CCCC1CCC(C2CCC(C(OO)C3CCC(CCC)CC3)CC2)CC1. The topological polar surface area (TPSA) is 29.5 Å². The molecule has 0 heterocycles. The minimum Gasteiger partial charge on any atom is -0.252 e. The molecule has 1 N–H and O–H groups in total. The van der Waals surface area contributed by atoms with Gasteiger partial charge in [-0.3, -0.25) is 5.26 Å². The van der Waals surface area contributed by atoms with Crippen molar-refractivity contribution in [1.29, 1.82) is 0 Å². The highest BCUT2D eigenvalue weighted by atomic mass is 17.1. The van der Waals surface area contributed by atoms with Gasteiger partial charge < -0.3 is 0 Å². The Labute approximate surface area is 168 Å². The molecule has 158 valence electrons. The lowest BCUT2D eigenvalue weighted by atomic mass is 9.66. The van der Waals surface area contributed by atoms with Crippen molar-refractivity contribution >= 4 is 0 Å². The van der Waals surface area contributed by atoms with Crippen molar-refractivity contribution in [3.8, 4) is 0 Å². The van der Waals surface area contributed by atoms with Gasteiger partial charge >= 0.3 is 0 Å². The molecule has 3 saturated carbocycles. The average molecular weight is 379 g/mol. The summed E-state index contributed by atoms with van der Waals surface area (Å²) in [5.41, 5.74) is 0. The minimum atomic E-state index is 0.119. The van der Waals surface area contributed by atoms with Crippen LogP contribution in [-0.4, -0.2) is 11.4 Å². The summed E-state index contributed by atoms with van der Waals surface area (Å²) in [6.45, 7) is 4.64. The Morgan fingerprint density at radius 3 is 1.41 bits per heavy atom. The molecule has 0 saturated heterocycles. The summed E-state index contributed by atoms with van der Waals surface area (Å²) in [6, 6.07) is 0. The van der Waals surface area contributed by atoms with Gasteiger partial charge in [-0.15, -0.1) is 0 Å². The molecule has 0 aliphatic heterocycles. The molecule has 27 heavy (non-hydrogen) atoms. The third kappa shape index (κ3) is 5.95. The molecule has 0 amide bonds. The van der Waals surface area contributed by atoms with E-state index in [1.165, 1.54) is 103 Å². The highest BCUT2D eigenvalue weighted by molar-refractivity contribution is 4.87. The molecule has 0 aromatic carbocycles. The van der Waals surface area contributed by atoms with E-state index in [-0.39, 0.29) is 6.10 Å². The van der Waals surface area contributed by atoms with Crippen LogP contribution in [0.25, 0.3) is 0 Å². The molecule has 1 unspecified atom stereocenters. The maximum atomic E-state index is 9.69. The lowest BCUT2D eigenvalue weighted by Gasteiger charge is -2.41. The van der Waals surface area contributed by atoms with Crippen molar-refractivity contribution in [2.45, 2.75) is 123 Å². The van der Waals surface area contributed by atoms with E-state index in [1.54, 1.807) is 0 Å². The molecule has 2 heteroatoms. The van der Waals surface area contributed by atoms with Crippen molar-refractivity contribution < 1.29 is 10.1 Å². The zero-order valence-electron chi connectivity index (χ0n) is 18.2. The molecule has 0 aromatic rings. The van der Waals surface area contributed by atoms with Gasteiger partial charge in [-0.25, -0.2) is 4.89 Å². The van der Waals surface area contributed by atoms with Crippen LogP contribution in [0.3, 0.4) is 0 Å². The number of hydrogen-bond acceptors (Lipinski definition) is 2. The first-order valence-corrected chi connectivity index (χ1v) is 12.5. The van der Waals surface area contributed by atoms with E-state index < -0.39 is 0 Å². The standard InChI is InChI=1S/C25H46O2/c1-3-5-19-7-11-21(12-8-19)22-15-17-24(18-16-22)25(27-26)23-13-9-20(6-4-2)10-14-23/h19-26H,3-18H2,1-2H3. The molecule has 0 radical (unpaired) electrons. The largest absolute Gasteiger partial charge is 0.252 e. The molecule has 1 atom stereocenters. The first-order valence-electron chi connectivity index (χ1n) is 12.5. The van der Waals surface area contributed by atoms with Gasteiger partial charge in [0.2, 0.25) is 0 Å². The van der Waals surface area contributed by atoms with Crippen LogP contribution < -0.4 is 0 Å². The predicted molar refractivity (Wildman–Crippen MR) is 114 cm³/mol. The Hall–Kier alpha value is -0.0800. The lowest BCUT2D eigenvalue weighted by Crippen LogP contribution is -2.37. The van der Waals surface area contributed by atoms with Gasteiger partial charge in [-0.05, 0) is 86.9 Å². The van der Waals surface area contributed by atoms with E-state index in [9.17, 15) is 5.26 Å². The van der Waals surface area contributed by atoms with Crippen molar-refractivity contribution in [2.24, 2.45) is 35.5 Å². The maximum Gasteiger partial charge on any atom is 0.0983 e. The minimum absolute atomic E-state index is 0.119. The fraction of sp³-hybridized carbons (Fsp3) is 1.00. The summed E-state index contributed by atoms with van der Waals surface area (Å²) in [4.78, 5) is 5.15. The van der Waals surface area contributed by atoms with Crippen LogP contribution in [0.4, 0.5) is 0 Å². The highest BCUT2D eigenvalue weighted by Crippen LogP contribution is 2.45. The second kappa shape index (κ2) is 11.2. The van der Waals surface area contributed by atoms with Crippen LogP contribution in [0.2, 0.25) is 0 Å². The van der Waals surface area contributed by atoms with Gasteiger partial charge in [0, 0.05) is 0 Å². The molecule has 0 bridgehead atoms. The summed E-state index contributed by atoms with van der Waals surface area (Å²) in [5, 5.41) is 9.69. The average Bonchev–Trinajstić information content (AvgIpc) is 2.71. The molecule has 0 spiro atoms. The van der Waals surface area contributed by atoms with E-state index in [4.69, 9.17) is 4.89 Å². The van der Waals surface area contributed by atoms with Crippen LogP contribution in [0.15, 0.2) is 0 Å². The first kappa shape index (κ1) is 21.6. The molecule has 2 nitrogen and oxygen atoms in total. The van der Waals surface area contributed by atoms with Gasteiger partial charge in [0.25, 0.3) is 0 Å². The Kier molecular flexibility index (Phi) is 8.97. The van der Waals surface area contributed by atoms with Crippen molar-refractivity contribution in [2.75, 3.05) is 0 Å². The molecule has 3 aliphatic carbocycles. The Morgan fingerprint density at radius 1 is 0.630 bits per heavy atom. The van der Waals surface area contributed by atoms with E-state index in [2.05, 4.69) is 13.8 Å². The van der Waals surface area contributed by atoms with Gasteiger partial charge in [0.05, 0.1) is 6.10 Å². The normalized spacial score (nSPS) is 39.2. The van der Waals surface area contributed by atoms with E-state index in [0.717, 1.165) is 23.7 Å². The summed E-state index contributed by atoms with van der Waals surface area (Å²) in [6.07, 6.45) is 22.2. The molecule has 3 aliphatic rings. The van der Waals surface area contributed by atoms with Crippen LogP contribution >= 0.6 is 0 Å². The van der Waals surface area contributed by atoms with Crippen molar-refractivity contribution in [3.63, 3.8) is 0 Å². The number of rotatable bonds is 8. The van der Waals surface area contributed by atoms with E-state index in [0.29, 0.717) is 11.8 Å². The fourth-order valence-corrected chi connectivity index (χ4v) is 7.07. The molecule has 3 rings (SSSR count). The Balaban J connectivity index is 1.41. The number of hydrogen-bond donors (Lipinski definition) is 1. The molecular formula is C25H46O2. The Morgan fingerprint density at radius 2 is 1.00 bits per heavy atom. The van der Waals surface area contributed by atoms with Crippen molar-refractivity contribution in [1.82, 2.24) is 0 Å². The third-order valence-corrected chi connectivity index (χ3v) is 8.71. The highest BCUT2D eigenvalue weighted by Gasteiger charge is 2.37. The molecule has 0 aromatic heterocycles. The lowest BCUT2D eigenvalue weighted by molar-refractivity contribution is -0.307. The molecular weight excluding hydrogens is 332 g/mol. The van der Waals surface area contributed by atoms with Crippen LogP contribution in [0.5, 0.6) is 0 Å². The predicted octanol–water partition coefficient (Wildman–Crippen LogP) is 7.86. The van der Waals surface area contributed by atoms with Crippen LogP contribution in [-0.2, 0) is 4.89 Å². The van der Waals surface area contributed by atoms with Gasteiger partial charge in [-0.2, -0.15) is 0 Å². The quantitative estimate of drug-likeness (QED) is 0.344. The van der Waals surface area contributed by atoms with Gasteiger partial charge in [0.15, 0.2) is 0 Å². The van der Waals surface area contributed by atoms with Crippen LogP contribution in [0, 0.1) is 35.5 Å². The first-order chi connectivity index (χ1) is 13.2. The molecule has 3 fully saturated rings. The second-order valence-corrected chi connectivity index (χ2v) is 10.4. The smallest absolute Gasteiger partial charge is 0.0983 e. The van der Waals surface area contributed by atoms with Gasteiger partial charge in [0.1, 0.15) is 0 Å². The van der Waals surface area contributed by atoms with Gasteiger partial charge in [-0.1, -0.05) is 65.2 Å². The summed E-state index contributed by atoms with van der Waals surface area (Å²) in [5.74, 6) is 5.13. The van der Waals surface area contributed by atoms with E-state index in [1.807, 2.05) is 0 Å². The second-order valence-electron chi connectivity index (χ2n) is 10.4. The summed E-state index contributed by atoms with van der Waals surface area (Å²) >= 11 is 0.